The summed E-state index contributed by atoms with van der Waals surface area (Å²) in [6.07, 6.45) is 0. The number of nitrogens with one attached hydrogen (secondary N) is 1. The van der Waals surface area contributed by atoms with E-state index in [1.807, 2.05) is 6.07 Å². The highest BCUT2D eigenvalue weighted by atomic mass is 32.2. The zero-order valence-electron chi connectivity index (χ0n) is 21.7. The number of nitro groups is 1. The van der Waals surface area contributed by atoms with Crippen LogP contribution in [0.25, 0.3) is 0 Å². The Morgan fingerprint density at radius 3 is 2.30 bits per heavy atom. The molecule has 0 saturated heterocycles. The Bertz CT molecular complexity index is 1660. The fraction of sp³-hybridized carbons (Fsp3) is 0.103. The fourth-order valence-corrected chi connectivity index (χ4v) is 5.38. The van der Waals surface area contributed by atoms with E-state index in [2.05, 4.69) is 10.5 Å². The molecule has 0 radical (unpaired) electrons. The van der Waals surface area contributed by atoms with Crippen LogP contribution in [-0.2, 0) is 16.6 Å². The molecule has 0 aliphatic rings. The standard InChI is InChI=1S/C29H26N4O6S/c1-21(23-11-8-12-24(19-23)33(35)36)30-31-29(34)27-13-6-7-14-28(27)32(20-22-9-4-3-5-10-22)40(37,38)26-17-15-25(39-2)16-18-26/h3-19H,20H2,1-2H3,(H,31,34)/b30-21-. The molecule has 0 heterocycles. The van der Waals surface area contributed by atoms with Gasteiger partial charge in [-0.1, -0.05) is 54.6 Å². The number of carbonyl (C=O) groups excluding carboxylic acids is 1. The van der Waals surface area contributed by atoms with E-state index in [-0.39, 0.29) is 28.4 Å². The third-order valence-electron chi connectivity index (χ3n) is 6.03. The third kappa shape index (κ3) is 6.33. The monoisotopic (exact) mass is 558 g/mol. The summed E-state index contributed by atoms with van der Waals surface area (Å²) in [6, 6.07) is 27.2. The number of hydrogen-bond donors (Lipinski definition) is 1. The van der Waals surface area contributed by atoms with E-state index < -0.39 is 20.9 Å². The lowest BCUT2D eigenvalue weighted by Gasteiger charge is -2.26. The van der Waals surface area contributed by atoms with Gasteiger partial charge in [0, 0.05) is 17.7 Å². The van der Waals surface area contributed by atoms with Crippen LogP contribution in [-0.4, -0.2) is 32.1 Å². The maximum Gasteiger partial charge on any atom is 0.273 e. The lowest BCUT2D eigenvalue weighted by molar-refractivity contribution is -0.384. The predicted octanol–water partition coefficient (Wildman–Crippen LogP) is 5.15. The molecule has 0 aromatic heterocycles. The average molecular weight is 559 g/mol. The van der Waals surface area contributed by atoms with Crippen LogP contribution in [0.5, 0.6) is 5.75 Å². The summed E-state index contributed by atoms with van der Waals surface area (Å²) in [6.45, 7) is 1.57. The summed E-state index contributed by atoms with van der Waals surface area (Å²) in [5.74, 6) is -0.145. The first-order valence-electron chi connectivity index (χ1n) is 12.1. The summed E-state index contributed by atoms with van der Waals surface area (Å²) in [5, 5.41) is 15.2. The van der Waals surface area contributed by atoms with E-state index in [9.17, 15) is 23.3 Å². The SMILES string of the molecule is COc1ccc(S(=O)(=O)N(Cc2ccccc2)c2ccccc2C(=O)N/N=C(/C)c2cccc([N+](=O)[O-])c2)cc1. The molecule has 11 heteroatoms. The van der Waals surface area contributed by atoms with Crippen molar-refractivity contribution in [2.24, 2.45) is 5.10 Å². The van der Waals surface area contributed by atoms with E-state index in [1.165, 1.54) is 47.8 Å². The minimum absolute atomic E-state index is 0.0268. The molecule has 4 aromatic rings. The first kappa shape index (κ1) is 28.0. The number of benzene rings is 4. The van der Waals surface area contributed by atoms with E-state index >= 15 is 0 Å². The molecule has 204 valence electrons. The Morgan fingerprint density at radius 1 is 0.950 bits per heavy atom. The number of anilines is 1. The zero-order chi connectivity index (χ0) is 28.7. The van der Waals surface area contributed by atoms with E-state index in [4.69, 9.17) is 4.74 Å². The molecule has 1 amide bonds. The zero-order valence-corrected chi connectivity index (χ0v) is 22.5. The quantitative estimate of drug-likeness (QED) is 0.163. The lowest BCUT2D eigenvalue weighted by atomic mass is 10.1. The van der Waals surface area contributed by atoms with Gasteiger partial charge in [-0.3, -0.25) is 19.2 Å². The van der Waals surface area contributed by atoms with Crippen LogP contribution in [0.2, 0.25) is 0 Å². The van der Waals surface area contributed by atoms with Gasteiger partial charge >= 0.3 is 0 Å². The van der Waals surface area contributed by atoms with Crippen molar-refractivity contribution in [3.05, 3.63) is 130 Å². The van der Waals surface area contributed by atoms with Gasteiger partial charge in [-0.05, 0) is 48.9 Å². The molecule has 4 rings (SSSR count). The third-order valence-corrected chi connectivity index (χ3v) is 7.81. The molecular weight excluding hydrogens is 532 g/mol. The summed E-state index contributed by atoms with van der Waals surface area (Å²) in [7, 11) is -2.63. The topological polar surface area (TPSA) is 131 Å². The van der Waals surface area contributed by atoms with Gasteiger partial charge in [0.25, 0.3) is 21.6 Å². The maximum atomic E-state index is 13.9. The summed E-state index contributed by atoms with van der Waals surface area (Å²) in [4.78, 5) is 23.9. The molecule has 0 saturated carbocycles. The molecule has 0 unspecified atom stereocenters. The van der Waals surface area contributed by atoms with Crippen molar-refractivity contribution in [3.8, 4) is 5.75 Å². The maximum absolute atomic E-state index is 13.9. The number of rotatable bonds is 10. The Labute approximate surface area is 231 Å². The summed E-state index contributed by atoms with van der Waals surface area (Å²) < 4.78 is 34.2. The van der Waals surface area contributed by atoms with Gasteiger partial charge in [-0.15, -0.1) is 0 Å². The van der Waals surface area contributed by atoms with Gasteiger partial charge in [0.05, 0.1) is 40.4 Å². The van der Waals surface area contributed by atoms with Crippen LogP contribution >= 0.6 is 0 Å². The molecule has 1 N–H and O–H groups in total. The van der Waals surface area contributed by atoms with Gasteiger partial charge in [0.1, 0.15) is 5.75 Å². The molecule has 40 heavy (non-hydrogen) atoms. The molecule has 0 fully saturated rings. The molecule has 0 bridgehead atoms. The average Bonchev–Trinajstić information content (AvgIpc) is 2.99. The number of hydrazone groups is 1. The number of non-ortho nitro benzene ring substituents is 1. The molecular formula is C29H26N4O6S. The summed E-state index contributed by atoms with van der Waals surface area (Å²) in [5.41, 5.74) is 4.08. The van der Waals surface area contributed by atoms with Crippen molar-refractivity contribution < 1.29 is 22.9 Å². The highest BCUT2D eigenvalue weighted by Crippen LogP contribution is 2.30. The van der Waals surface area contributed by atoms with Crippen LogP contribution in [0.4, 0.5) is 11.4 Å². The van der Waals surface area contributed by atoms with Crippen molar-refractivity contribution >= 4 is 33.0 Å². The van der Waals surface area contributed by atoms with Gasteiger partial charge in [0.15, 0.2) is 0 Å². The van der Waals surface area contributed by atoms with Crippen LogP contribution in [0, 0.1) is 10.1 Å². The predicted molar refractivity (Wildman–Crippen MR) is 152 cm³/mol. The first-order valence-corrected chi connectivity index (χ1v) is 13.5. The molecule has 4 aromatic carbocycles. The van der Waals surface area contributed by atoms with Crippen molar-refractivity contribution in [1.82, 2.24) is 5.43 Å². The Hall–Kier alpha value is -5.03. The largest absolute Gasteiger partial charge is 0.497 e. The number of carbonyl (C=O) groups is 1. The van der Waals surface area contributed by atoms with Gasteiger partial charge < -0.3 is 4.74 Å². The minimum atomic E-state index is -4.12. The normalized spacial score (nSPS) is 11.5. The van der Waals surface area contributed by atoms with Crippen molar-refractivity contribution in [2.75, 3.05) is 11.4 Å². The van der Waals surface area contributed by atoms with Crippen LogP contribution in [0.15, 0.2) is 113 Å². The minimum Gasteiger partial charge on any atom is -0.497 e. The number of methoxy groups -OCH3 is 1. The Morgan fingerprint density at radius 2 is 1.62 bits per heavy atom. The second kappa shape index (κ2) is 12.2. The highest BCUT2D eigenvalue weighted by molar-refractivity contribution is 7.92. The summed E-state index contributed by atoms with van der Waals surface area (Å²) >= 11 is 0. The number of sulfonamides is 1. The highest BCUT2D eigenvalue weighted by Gasteiger charge is 2.28. The van der Waals surface area contributed by atoms with E-state index in [0.717, 1.165) is 0 Å². The lowest BCUT2D eigenvalue weighted by Crippen LogP contribution is -2.33. The van der Waals surface area contributed by atoms with Gasteiger partial charge in [-0.2, -0.15) is 5.10 Å². The first-order chi connectivity index (χ1) is 19.2. The molecule has 0 aliphatic heterocycles. The molecule has 10 nitrogen and oxygen atoms in total. The van der Waals surface area contributed by atoms with Crippen molar-refractivity contribution in [1.29, 1.82) is 0 Å². The molecule has 0 aliphatic carbocycles. The second-order valence-electron chi connectivity index (χ2n) is 8.64. The van der Waals surface area contributed by atoms with Crippen molar-refractivity contribution in [2.45, 2.75) is 18.4 Å². The van der Waals surface area contributed by atoms with Gasteiger partial charge in [0.2, 0.25) is 0 Å². The molecule has 0 atom stereocenters. The Kier molecular flexibility index (Phi) is 8.55. The van der Waals surface area contributed by atoms with E-state index in [0.29, 0.717) is 22.6 Å². The molecule has 0 spiro atoms. The number of nitro benzene ring substituents is 1. The smallest absolute Gasteiger partial charge is 0.273 e. The van der Waals surface area contributed by atoms with Crippen LogP contribution in [0.1, 0.15) is 28.4 Å². The number of nitrogens with zero attached hydrogens (tertiary/aromatic N) is 3. The number of hydrogen-bond acceptors (Lipinski definition) is 7. The number of ether oxygens (including phenoxy) is 1. The van der Waals surface area contributed by atoms with E-state index in [1.54, 1.807) is 67.6 Å². The van der Waals surface area contributed by atoms with Crippen LogP contribution < -0.4 is 14.5 Å². The van der Waals surface area contributed by atoms with Crippen LogP contribution in [0.3, 0.4) is 0 Å². The Balaban J connectivity index is 1.71. The fourth-order valence-electron chi connectivity index (χ4n) is 3.91. The number of amides is 1. The van der Waals surface area contributed by atoms with Gasteiger partial charge in [-0.25, -0.2) is 13.8 Å². The second-order valence-corrected chi connectivity index (χ2v) is 10.5. The van der Waals surface area contributed by atoms with Crippen molar-refractivity contribution in [3.63, 3.8) is 0 Å². The number of para-hydroxylation sites is 1.